The van der Waals surface area contributed by atoms with Gasteiger partial charge < -0.3 is 0 Å². The van der Waals surface area contributed by atoms with Gasteiger partial charge in [0.1, 0.15) is 0 Å². The number of thiazole rings is 1. The highest BCUT2D eigenvalue weighted by Gasteiger charge is 2.42. The molecule has 90 valence electrons. The fourth-order valence-electron chi connectivity index (χ4n) is 1.97. The molecule has 1 aromatic heterocycles. The van der Waals surface area contributed by atoms with Gasteiger partial charge in [-0.05, 0) is 30.5 Å². The van der Waals surface area contributed by atoms with Crippen LogP contribution in [-0.2, 0) is 12.0 Å². The fraction of sp³-hybridized carbons (Fsp3) is 0.417. The smallest absolute Gasteiger partial charge is 0.0997 e. The monoisotopic (exact) mass is 267 g/mol. The number of aromatic nitrogens is 1. The number of nitrogens with two attached hydrogens (primary N) is 1. The molecule has 0 bridgehead atoms. The Morgan fingerprint density at radius 3 is 2.94 bits per heavy atom. The van der Waals surface area contributed by atoms with Crippen LogP contribution in [0.4, 0.5) is 0 Å². The van der Waals surface area contributed by atoms with Gasteiger partial charge >= 0.3 is 0 Å². The Balaban J connectivity index is 2.16. The largest absolute Gasteiger partial charge is 0.271 e. The van der Waals surface area contributed by atoms with Gasteiger partial charge in [0.15, 0.2) is 0 Å². The average molecular weight is 268 g/mol. The van der Waals surface area contributed by atoms with Crippen molar-refractivity contribution in [1.82, 2.24) is 10.4 Å². The molecule has 3 rings (SSSR count). The van der Waals surface area contributed by atoms with E-state index in [4.69, 9.17) is 22.4 Å². The Bertz CT molecular complexity index is 574. The summed E-state index contributed by atoms with van der Waals surface area (Å²) in [4.78, 5) is 4.77. The summed E-state index contributed by atoms with van der Waals surface area (Å²) >= 11 is 7.87. The summed E-state index contributed by atoms with van der Waals surface area (Å²) in [5.74, 6) is 5.39. The standard InChI is InChI=1S/C12H14ClN3S/c1-12(2-3-12)11-16-10-7(6-15-14)4-8(13)5-9(10)17-11/h4-5,15H,2-3,6,14H2,1H3. The van der Waals surface area contributed by atoms with Crippen LogP contribution in [0.1, 0.15) is 30.3 Å². The van der Waals surface area contributed by atoms with Crippen molar-refractivity contribution in [2.45, 2.75) is 31.7 Å². The third kappa shape index (κ3) is 1.95. The fourth-order valence-corrected chi connectivity index (χ4v) is 3.53. The number of halogens is 1. The molecule has 1 aromatic carbocycles. The van der Waals surface area contributed by atoms with Gasteiger partial charge in [-0.2, -0.15) is 0 Å². The van der Waals surface area contributed by atoms with E-state index in [1.54, 1.807) is 11.3 Å². The predicted molar refractivity (Wildman–Crippen MR) is 72.2 cm³/mol. The van der Waals surface area contributed by atoms with E-state index in [0.717, 1.165) is 20.8 Å². The van der Waals surface area contributed by atoms with Crippen LogP contribution in [0.5, 0.6) is 0 Å². The molecule has 1 aliphatic carbocycles. The SMILES string of the molecule is CC1(c2nc3c(CNN)cc(Cl)cc3s2)CC1. The van der Waals surface area contributed by atoms with Crippen molar-refractivity contribution in [3.63, 3.8) is 0 Å². The molecule has 1 saturated carbocycles. The van der Waals surface area contributed by atoms with Crippen molar-refractivity contribution in [3.05, 3.63) is 27.7 Å². The number of fused-ring (bicyclic) bond motifs is 1. The number of nitrogens with zero attached hydrogens (tertiary/aromatic N) is 1. The second kappa shape index (κ2) is 3.92. The van der Waals surface area contributed by atoms with Crippen LogP contribution in [0.25, 0.3) is 10.2 Å². The van der Waals surface area contributed by atoms with Crippen molar-refractivity contribution >= 4 is 33.2 Å². The highest BCUT2D eigenvalue weighted by atomic mass is 35.5. The summed E-state index contributed by atoms with van der Waals surface area (Å²) in [5.41, 5.74) is 5.10. The van der Waals surface area contributed by atoms with Crippen LogP contribution < -0.4 is 11.3 Å². The Labute approximate surface area is 109 Å². The van der Waals surface area contributed by atoms with Crippen LogP contribution in [0.3, 0.4) is 0 Å². The molecule has 0 atom stereocenters. The zero-order valence-electron chi connectivity index (χ0n) is 9.59. The molecular formula is C12H14ClN3S. The molecule has 1 aliphatic rings. The molecule has 5 heteroatoms. The Kier molecular flexibility index (Phi) is 2.63. The van der Waals surface area contributed by atoms with Gasteiger partial charge in [-0.25, -0.2) is 4.98 Å². The summed E-state index contributed by atoms with van der Waals surface area (Å²) in [6.07, 6.45) is 2.48. The maximum atomic E-state index is 6.11. The zero-order chi connectivity index (χ0) is 12.0. The quantitative estimate of drug-likeness (QED) is 0.664. The minimum absolute atomic E-state index is 0.309. The van der Waals surface area contributed by atoms with Crippen LogP contribution in [-0.4, -0.2) is 4.98 Å². The molecule has 0 aliphatic heterocycles. The number of hydrogen-bond acceptors (Lipinski definition) is 4. The lowest BCUT2D eigenvalue weighted by Crippen LogP contribution is -2.21. The Morgan fingerprint density at radius 2 is 2.29 bits per heavy atom. The van der Waals surface area contributed by atoms with Crippen molar-refractivity contribution in [3.8, 4) is 0 Å². The lowest BCUT2D eigenvalue weighted by Gasteiger charge is -2.02. The first-order chi connectivity index (χ1) is 8.12. The Morgan fingerprint density at radius 1 is 1.53 bits per heavy atom. The van der Waals surface area contributed by atoms with Gasteiger partial charge in [-0.1, -0.05) is 18.5 Å². The number of hydrazine groups is 1. The zero-order valence-corrected chi connectivity index (χ0v) is 11.2. The average Bonchev–Trinajstić information content (AvgIpc) is 2.88. The normalized spacial score (nSPS) is 17.6. The van der Waals surface area contributed by atoms with Gasteiger partial charge in [0, 0.05) is 17.0 Å². The Hall–Kier alpha value is -0.680. The predicted octanol–water partition coefficient (Wildman–Crippen LogP) is 2.96. The van der Waals surface area contributed by atoms with Gasteiger partial charge in [0.05, 0.1) is 15.2 Å². The van der Waals surface area contributed by atoms with Gasteiger partial charge in [0.25, 0.3) is 0 Å². The summed E-state index contributed by atoms with van der Waals surface area (Å²) in [7, 11) is 0. The van der Waals surface area contributed by atoms with Crippen LogP contribution in [0.15, 0.2) is 12.1 Å². The lowest BCUT2D eigenvalue weighted by molar-refractivity contribution is 0.742. The van der Waals surface area contributed by atoms with Gasteiger partial charge in [0.2, 0.25) is 0 Å². The number of nitrogens with one attached hydrogen (secondary N) is 1. The molecule has 3 N–H and O–H groups in total. The van der Waals surface area contributed by atoms with E-state index in [1.165, 1.54) is 17.8 Å². The summed E-state index contributed by atoms with van der Waals surface area (Å²) in [6, 6.07) is 3.92. The molecule has 2 aromatic rings. The highest BCUT2D eigenvalue weighted by molar-refractivity contribution is 7.18. The van der Waals surface area contributed by atoms with Crippen LogP contribution in [0, 0.1) is 0 Å². The highest BCUT2D eigenvalue weighted by Crippen LogP contribution is 2.50. The summed E-state index contributed by atoms with van der Waals surface area (Å²) < 4.78 is 1.16. The lowest BCUT2D eigenvalue weighted by atomic mass is 10.1. The first-order valence-corrected chi connectivity index (χ1v) is 6.85. The topological polar surface area (TPSA) is 50.9 Å². The van der Waals surface area contributed by atoms with Crippen LogP contribution >= 0.6 is 22.9 Å². The number of hydrogen-bond donors (Lipinski definition) is 2. The van der Waals surface area contributed by atoms with E-state index < -0.39 is 0 Å². The van der Waals surface area contributed by atoms with E-state index >= 15 is 0 Å². The van der Waals surface area contributed by atoms with E-state index in [1.807, 2.05) is 12.1 Å². The van der Waals surface area contributed by atoms with Gasteiger partial charge in [-0.15, -0.1) is 11.3 Å². The van der Waals surface area contributed by atoms with E-state index in [2.05, 4.69) is 12.3 Å². The van der Waals surface area contributed by atoms with Gasteiger partial charge in [-0.3, -0.25) is 11.3 Å². The van der Waals surface area contributed by atoms with Crippen molar-refractivity contribution in [2.24, 2.45) is 5.84 Å². The minimum atomic E-state index is 0.309. The molecule has 3 nitrogen and oxygen atoms in total. The third-order valence-corrected chi connectivity index (χ3v) is 4.87. The van der Waals surface area contributed by atoms with Crippen molar-refractivity contribution < 1.29 is 0 Å². The molecule has 1 heterocycles. The molecule has 0 unspecified atom stereocenters. The molecule has 1 fully saturated rings. The summed E-state index contributed by atoms with van der Waals surface area (Å²) in [5, 5.41) is 1.98. The number of rotatable bonds is 3. The molecule has 0 radical (unpaired) electrons. The third-order valence-electron chi connectivity index (χ3n) is 3.35. The van der Waals surface area contributed by atoms with E-state index in [0.29, 0.717) is 12.0 Å². The first kappa shape index (κ1) is 11.4. The van der Waals surface area contributed by atoms with E-state index in [-0.39, 0.29) is 0 Å². The summed E-state index contributed by atoms with van der Waals surface area (Å²) in [6.45, 7) is 2.87. The molecule has 0 spiro atoms. The maximum Gasteiger partial charge on any atom is 0.0997 e. The molecule has 17 heavy (non-hydrogen) atoms. The maximum absolute atomic E-state index is 6.11. The second-order valence-corrected chi connectivity index (χ2v) is 6.34. The molecular weight excluding hydrogens is 254 g/mol. The van der Waals surface area contributed by atoms with Crippen molar-refractivity contribution in [1.29, 1.82) is 0 Å². The van der Waals surface area contributed by atoms with Crippen LogP contribution in [0.2, 0.25) is 5.02 Å². The minimum Gasteiger partial charge on any atom is -0.271 e. The first-order valence-electron chi connectivity index (χ1n) is 5.65. The van der Waals surface area contributed by atoms with E-state index in [9.17, 15) is 0 Å². The van der Waals surface area contributed by atoms with Crippen molar-refractivity contribution in [2.75, 3.05) is 0 Å². The number of benzene rings is 1. The molecule has 0 amide bonds. The molecule has 0 saturated heterocycles. The second-order valence-electron chi connectivity index (χ2n) is 4.87.